The van der Waals surface area contributed by atoms with Crippen LogP contribution < -0.4 is 10.6 Å². The molecular formula is C24H32N2. The highest BCUT2D eigenvalue weighted by Gasteiger charge is 2.43. The fourth-order valence-electron chi connectivity index (χ4n) is 5.24. The third-order valence-corrected chi connectivity index (χ3v) is 6.81. The molecule has 2 aromatic carbocycles. The molecule has 138 valence electrons. The summed E-state index contributed by atoms with van der Waals surface area (Å²) < 4.78 is 0. The number of hydrogen-bond acceptors (Lipinski definition) is 2. The molecular weight excluding hydrogens is 316 g/mol. The normalized spacial score (nSPS) is 25.7. The van der Waals surface area contributed by atoms with Gasteiger partial charge in [0.2, 0.25) is 0 Å². The number of nitrogens with one attached hydrogen (secondary N) is 2. The summed E-state index contributed by atoms with van der Waals surface area (Å²) >= 11 is 0. The first-order chi connectivity index (χ1) is 12.5. The summed E-state index contributed by atoms with van der Waals surface area (Å²) in [6.07, 6.45) is 0. The first-order valence-electron chi connectivity index (χ1n) is 10.1. The number of rotatable bonds is 3. The third-order valence-electron chi connectivity index (χ3n) is 6.81. The van der Waals surface area contributed by atoms with Crippen LogP contribution in [-0.2, 0) is 6.54 Å². The molecule has 0 fully saturated rings. The Kier molecular flexibility index (Phi) is 4.66. The van der Waals surface area contributed by atoms with Crippen LogP contribution in [0.5, 0.6) is 0 Å². The lowest BCUT2D eigenvalue weighted by Crippen LogP contribution is -2.46. The van der Waals surface area contributed by atoms with Crippen LogP contribution in [0, 0.1) is 11.3 Å². The molecule has 4 rings (SSSR count). The SMILES string of the molecule is CC(C)C1NCC(C(C)(C)C2CNCc3ccccc32)c2ccccc21. The molecule has 0 saturated heterocycles. The van der Waals surface area contributed by atoms with E-state index in [-0.39, 0.29) is 5.41 Å². The predicted octanol–water partition coefficient (Wildman–Crippen LogP) is 4.98. The molecule has 2 aliphatic rings. The predicted molar refractivity (Wildman–Crippen MR) is 109 cm³/mol. The van der Waals surface area contributed by atoms with Crippen LogP contribution in [0.4, 0.5) is 0 Å². The van der Waals surface area contributed by atoms with Gasteiger partial charge >= 0.3 is 0 Å². The molecule has 2 aromatic rings. The van der Waals surface area contributed by atoms with Crippen LogP contribution in [0.3, 0.4) is 0 Å². The Morgan fingerprint density at radius 1 is 0.846 bits per heavy atom. The minimum atomic E-state index is 0.175. The second-order valence-corrected chi connectivity index (χ2v) is 9.02. The topological polar surface area (TPSA) is 24.1 Å². The Hall–Kier alpha value is -1.64. The molecule has 26 heavy (non-hydrogen) atoms. The average Bonchev–Trinajstić information content (AvgIpc) is 2.66. The van der Waals surface area contributed by atoms with Gasteiger partial charge in [0.15, 0.2) is 0 Å². The number of benzene rings is 2. The molecule has 0 aromatic heterocycles. The van der Waals surface area contributed by atoms with Crippen molar-refractivity contribution in [1.29, 1.82) is 0 Å². The third kappa shape index (κ3) is 2.90. The molecule has 0 spiro atoms. The monoisotopic (exact) mass is 348 g/mol. The van der Waals surface area contributed by atoms with Crippen molar-refractivity contribution in [2.24, 2.45) is 11.3 Å². The molecule has 0 amide bonds. The zero-order chi connectivity index (χ0) is 18.3. The maximum Gasteiger partial charge on any atom is 0.0346 e. The fraction of sp³-hybridized carbons (Fsp3) is 0.500. The molecule has 2 N–H and O–H groups in total. The van der Waals surface area contributed by atoms with E-state index in [2.05, 4.69) is 86.9 Å². The minimum Gasteiger partial charge on any atom is -0.312 e. The van der Waals surface area contributed by atoms with Crippen LogP contribution in [0.2, 0.25) is 0 Å². The van der Waals surface area contributed by atoms with Gasteiger partial charge in [0, 0.05) is 37.5 Å². The van der Waals surface area contributed by atoms with E-state index in [1.807, 2.05) is 0 Å². The molecule has 2 nitrogen and oxygen atoms in total. The Morgan fingerprint density at radius 3 is 2.19 bits per heavy atom. The molecule has 2 heterocycles. The standard InChI is InChI=1S/C24H32N2/c1-16(2)23-20-12-8-7-11-19(20)22(15-26-23)24(3,4)21-14-25-13-17-9-5-6-10-18(17)21/h5-12,16,21-23,25-26H,13-15H2,1-4H3. The number of hydrogen-bond donors (Lipinski definition) is 2. The van der Waals surface area contributed by atoms with Crippen molar-refractivity contribution in [3.63, 3.8) is 0 Å². The van der Waals surface area contributed by atoms with Gasteiger partial charge < -0.3 is 10.6 Å². The number of fused-ring (bicyclic) bond motifs is 2. The highest BCUT2D eigenvalue weighted by atomic mass is 14.9. The lowest BCUT2D eigenvalue weighted by atomic mass is 9.61. The van der Waals surface area contributed by atoms with Crippen molar-refractivity contribution in [2.45, 2.75) is 52.1 Å². The van der Waals surface area contributed by atoms with Gasteiger partial charge in [0.25, 0.3) is 0 Å². The van der Waals surface area contributed by atoms with Crippen LogP contribution >= 0.6 is 0 Å². The Labute approximate surface area is 158 Å². The van der Waals surface area contributed by atoms with E-state index >= 15 is 0 Å². The summed E-state index contributed by atoms with van der Waals surface area (Å²) in [5, 5.41) is 7.54. The van der Waals surface area contributed by atoms with E-state index < -0.39 is 0 Å². The average molecular weight is 349 g/mol. The summed E-state index contributed by atoms with van der Waals surface area (Å²) in [6, 6.07) is 18.6. The van der Waals surface area contributed by atoms with Crippen molar-refractivity contribution >= 4 is 0 Å². The van der Waals surface area contributed by atoms with Gasteiger partial charge in [0.05, 0.1) is 0 Å². The van der Waals surface area contributed by atoms with Crippen molar-refractivity contribution in [3.8, 4) is 0 Å². The Morgan fingerprint density at radius 2 is 1.46 bits per heavy atom. The van der Waals surface area contributed by atoms with Crippen LogP contribution in [0.25, 0.3) is 0 Å². The lowest BCUT2D eigenvalue weighted by molar-refractivity contribution is 0.186. The molecule has 0 radical (unpaired) electrons. The van der Waals surface area contributed by atoms with Crippen molar-refractivity contribution in [3.05, 3.63) is 70.8 Å². The summed E-state index contributed by atoms with van der Waals surface area (Å²) in [7, 11) is 0. The van der Waals surface area contributed by atoms with Crippen molar-refractivity contribution in [2.75, 3.05) is 13.1 Å². The quantitative estimate of drug-likeness (QED) is 0.817. The Balaban J connectivity index is 1.74. The van der Waals surface area contributed by atoms with Crippen molar-refractivity contribution < 1.29 is 0 Å². The second kappa shape index (κ2) is 6.83. The first-order valence-corrected chi connectivity index (χ1v) is 10.1. The summed E-state index contributed by atoms with van der Waals surface area (Å²) in [5.41, 5.74) is 6.24. The fourth-order valence-corrected chi connectivity index (χ4v) is 5.24. The summed E-state index contributed by atoms with van der Waals surface area (Å²) in [6.45, 7) is 12.7. The van der Waals surface area contributed by atoms with Gasteiger partial charge in [-0.2, -0.15) is 0 Å². The second-order valence-electron chi connectivity index (χ2n) is 9.02. The largest absolute Gasteiger partial charge is 0.312 e. The van der Waals surface area contributed by atoms with Gasteiger partial charge in [-0.25, -0.2) is 0 Å². The van der Waals surface area contributed by atoms with Gasteiger partial charge in [-0.05, 0) is 33.6 Å². The molecule has 2 heteroatoms. The molecule has 0 bridgehead atoms. The van der Waals surface area contributed by atoms with E-state index in [1.54, 1.807) is 11.1 Å². The van der Waals surface area contributed by atoms with E-state index in [0.29, 0.717) is 23.8 Å². The highest BCUT2D eigenvalue weighted by Crippen LogP contribution is 2.50. The summed E-state index contributed by atoms with van der Waals surface area (Å²) in [5.74, 6) is 1.66. The van der Waals surface area contributed by atoms with Gasteiger partial charge in [-0.1, -0.05) is 76.2 Å². The van der Waals surface area contributed by atoms with Crippen LogP contribution in [0.1, 0.15) is 67.8 Å². The maximum atomic E-state index is 3.87. The zero-order valence-corrected chi connectivity index (χ0v) is 16.5. The smallest absolute Gasteiger partial charge is 0.0346 e. The van der Waals surface area contributed by atoms with E-state index in [0.717, 1.165) is 19.6 Å². The Bertz CT molecular complexity index is 777. The molecule has 0 saturated carbocycles. The maximum absolute atomic E-state index is 3.87. The minimum absolute atomic E-state index is 0.175. The summed E-state index contributed by atoms with van der Waals surface area (Å²) in [4.78, 5) is 0. The van der Waals surface area contributed by atoms with Crippen molar-refractivity contribution in [1.82, 2.24) is 10.6 Å². The van der Waals surface area contributed by atoms with E-state index in [4.69, 9.17) is 0 Å². The zero-order valence-electron chi connectivity index (χ0n) is 16.5. The first kappa shape index (κ1) is 17.8. The molecule has 2 aliphatic heterocycles. The highest BCUT2D eigenvalue weighted by molar-refractivity contribution is 5.40. The molecule has 0 aliphatic carbocycles. The van der Waals surface area contributed by atoms with Gasteiger partial charge in [-0.3, -0.25) is 0 Å². The van der Waals surface area contributed by atoms with E-state index in [1.165, 1.54) is 11.1 Å². The molecule has 3 unspecified atom stereocenters. The van der Waals surface area contributed by atoms with Gasteiger partial charge in [0.1, 0.15) is 0 Å². The van der Waals surface area contributed by atoms with Crippen LogP contribution in [0.15, 0.2) is 48.5 Å². The van der Waals surface area contributed by atoms with Crippen LogP contribution in [-0.4, -0.2) is 13.1 Å². The van der Waals surface area contributed by atoms with E-state index in [9.17, 15) is 0 Å². The van der Waals surface area contributed by atoms with Gasteiger partial charge in [-0.15, -0.1) is 0 Å². The lowest BCUT2D eigenvalue weighted by Gasteiger charge is -2.48. The molecule has 3 atom stereocenters.